The molecule has 1 atom stereocenters. The number of hydrogen-bond acceptors (Lipinski definition) is 2. The zero-order chi connectivity index (χ0) is 16.8. The number of carbonyl (C=O) groups excluding carboxylic acids is 1. The highest BCUT2D eigenvalue weighted by Crippen LogP contribution is 2.22. The number of amides is 1. The smallest absolute Gasteiger partial charge is 0.223 e. The molecular formula is C20H23ClN2O. The second-order valence-corrected chi connectivity index (χ2v) is 6.76. The lowest BCUT2D eigenvalue weighted by Crippen LogP contribution is -2.40. The number of nitrogens with one attached hydrogen (secondary N) is 2. The van der Waals surface area contributed by atoms with Gasteiger partial charge in [-0.2, -0.15) is 0 Å². The number of halogens is 1. The highest BCUT2D eigenvalue weighted by molar-refractivity contribution is 6.30. The minimum absolute atomic E-state index is 0.0187. The van der Waals surface area contributed by atoms with Gasteiger partial charge in [0.1, 0.15) is 0 Å². The molecule has 0 aromatic heterocycles. The molecule has 126 valence electrons. The Bertz CT molecular complexity index is 651. The Morgan fingerprint density at radius 3 is 2.42 bits per heavy atom. The fourth-order valence-corrected chi connectivity index (χ4v) is 3.29. The van der Waals surface area contributed by atoms with E-state index < -0.39 is 0 Å². The van der Waals surface area contributed by atoms with Crippen LogP contribution >= 0.6 is 11.6 Å². The summed E-state index contributed by atoms with van der Waals surface area (Å²) in [7, 11) is 0. The minimum atomic E-state index is -0.0187. The molecule has 3 nitrogen and oxygen atoms in total. The molecule has 2 aromatic carbocycles. The molecule has 4 heteroatoms. The Morgan fingerprint density at radius 2 is 1.75 bits per heavy atom. The van der Waals surface area contributed by atoms with E-state index in [1.54, 1.807) is 0 Å². The van der Waals surface area contributed by atoms with Gasteiger partial charge >= 0.3 is 0 Å². The Kier molecular flexibility index (Phi) is 5.89. The van der Waals surface area contributed by atoms with E-state index in [0.29, 0.717) is 0 Å². The Hall–Kier alpha value is -1.84. The van der Waals surface area contributed by atoms with Crippen LogP contribution in [-0.2, 0) is 11.2 Å². The quantitative estimate of drug-likeness (QED) is 0.869. The zero-order valence-corrected chi connectivity index (χ0v) is 14.4. The van der Waals surface area contributed by atoms with E-state index in [1.165, 1.54) is 5.56 Å². The maximum absolute atomic E-state index is 12.7. The Labute approximate surface area is 148 Å². The van der Waals surface area contributed by atoms with Gasteiger partial charge in [0.05, 0.1) is 6.04 Å². The van der Waals surface area contributed by atoms with Gasteiger partial charge in [-0.3, -0.25) is 4.79 Å². The summed E-state index contributed by atoms with van der Waals surface area (Å²) in [5, 5.41) is 7.30. The molecule has 2 aromatic rings. The van der Waals surface area contributed by atoms with Gasteiger partial charge in [0.2, 0.25) is 5.91 Å². The van der Waals surface area contributed by atoms with Crippen LogP contribution in [0.25, 0.3) is 0 Å². The van der Waals surface area contributed by atoms with Gasteiger partial charge in [0.15, 0.2) is 0 Å². The molecule has 0 aliphatic carbocycles. The third-order valence-corrected chi connectivity index (χ3v) is 4.83. The molecule has 2 N–H and O–H groups in total. The molecule has 1 saturated heterocycles. The summed E-state index contributed by atoms with van der Waals surface area (Å²) in [5.41, 5.74) is 2.30. The molecule has 1 unspecified atom stereocenters. The molecular weight excluding hydrogens is 320 g/mol. The van der Waals surface area contributed by atoms with Gasteiger partial charge in [0, 0.05) is 10.9 Å². The standard InChI is InChI=1S/C20H23ClN2O/c21-18-8-6-15(7-9-18)14-19(16-4-2-1-3-5-16)23-20(24)17-10-12-22-13-11-17/h1-9,17,19,22H,10-14H2,(H,23,24). The lowest BCUT2D eigenvalue weighted by atomic mass is 9.94. The van der Waals surface area contributed by atoms with Gasteiger partial charge in [-0.05, 0) is 55.6 Å². The van der Waals surface area contributed by atoms with Gasteiger partial charge in [-0.1, -0.05) is 54.1 Å². The molecule has 1 aliphatic rings. The fourth-order valence-electron chi connectivity index (χ4n) is 3.17. The summed E-state index contributed by atoms with van der Waals surface area (Å²) in [5.74, 6) is 0.280. The van der Waals surface area contributed by atoms with Crippen molar-refractivity contribution in [3.8, 4) is 0 Å². The van der Waals surface area contributed by atoms with Crippen LogP contribution in [0.2, 0.25) is 5.02 Å². The third-order valence-electron chi connectivity index (χ3n) is 4.58. The van der Waals surface area contributed by atoms with E-state index in [-0.39, 0.29) is 17.9 Å². The lowest BCUT2D eigenvalue weighted by Gasteiger charge is -2.26. The number of rotatable bonds is 5. The molecule has 1 heterocycles. The van der Waals surface area contributed by atoms with Crippen molar-refractivity contribution in [3.63, 3.8) is 0 Å². The van der Waals surface area contributed by atoms with E-state index >= 15 is 0 Å². The van der Waals surface area contributed by atoms with Crippen LogP contribution in [0.5, 0.6) is 0 Å². The van der Waals surface area contributed by atoms with Crippen molar-refractivity contribution < 1.29 is 4.79 Å². The molecule has 1 amide bonds. The summed E-state index contributed by atoms with van der Waals surface area (Å²) in [4.78, 5) is 12.7. The zero-order valence-electron chi connectivity index (χ0n) is 13.7. The molecule has 1 aliphatic heterocycles. The molecule has 0 bridgehead atoms. The number of benzene rings is 2. The molecule has 0 radical (unpaired) electrons. The highest BCUT2D eigenvalue weighted by Gasteiger charge is 2.24. The first-order valence-corrected chi connectivity index (χ1v) is 8.90. The summed E-state index contributed by atoms with van der Waals surface area (Å²) in [6, 6.07) is 18.0. The maximum Gasteiger partial charge on any atom is 0.223 e. The summed E-state index contributed by atoms with van der Waals surface area (Å²) in [6.45, 7) is 1.84. The average Bonchev–Trinajstić information content (AvgIpc) is 2.64. The molecule has 1 fully saturated rings. The van der Waals surface area contributed by atoms with E-state index in [9.17, 15) is 4.79 Å². The normalized spacial score (nSPS) is 16.5. The van der Waals surface area contributed by atoms with Crippen molar-refractivity contribution in [2.75, 3.05) is 13.1 Å². The first-order valence-electron chi connectivity index (χ1n) is 8.53. The van der Waals surface area contributed by atoms with Crippen molar-refractivity contribution in [3.05, 3.63) is 70.7 Å². The van der Waals surface area contributed by atoms with Gasteiger partial charge < -0.3 is 10.6 Å². The van der Waals surface area contributed by atoms with E-state index in [0.717, 1.165) is 42.9 Å². The SMILES string of the molecule is O=C(NC(Cc1ccc(Cl)cc1)c1ccccc1)C1CCNCC1. The van der Waals surface area contributed by atoms with Gasteiger partial charge in [-0.25, -0.2) is 0 Å². The van der Waals surface area contributed by atoms with Crippen molar-refractivity contribution in [1.29, 1.82) is 0 Å². The number of piperidine rings is 1. The van der Waals surface area contributed by atoms with Gasteiger partial charge in [-0.15, -0.1) is 0 Å². The summed E-state index contributed by atoms with van der Waals surface area (Å²) >= 11 is 5.98. The van der Waals surface area contributed by atoms with Crippen LogP contribution in [0.15, 0.2) is 54.6 Å². The van der Waals surface area contributed by atoms with Crippen LogP contribution in [0.1, 0.15) is 30.0 Å². The van der Waals surface area contributed by atoms with E-state index in [1.807, 2.05) is 42.5 Å². The average molecular weight is 343 g/mol. The van der Waals surface area contributed by atoms with E-state index in [2.05, 4.69) is 22.8 Å². The minimum Gasteiger partial charge on any atom is -0.349 e. The predicted octanol–water partition coefficient (Wildman–Crippen LogP) is 3.74. The van der Waals surface area contributed by atoms with Crippen molar-refractivity contribution in [2.24, 2.45) is 5.92 Å². The third kappa shape index (κ3) is 4.59. The predicted molar refractivity (Wildman–Crippen MR) is 98.1 cm³/mol. The van der Waals surface area contributed by atoms with Crippen LogP contribution < -0.4 is 10.6 Å². The molecule has 24 heavy (non-hydrogen) atoms. The van der Waals surface area contributed by atoms with Crippen molar-refractivity contribution >= 4 is 17.5 Å². The van der Waals surface area contributed by atoms with E-state index in [4.69, 9.17) is 11.6 Å². The monoisotopic (exact) mass is 342 g/mol. The highest BCUT2D eigenvalue weighted by atomic mass is 35.5. The first-order chi connectivity index (χ1) is 11.7. The van der Waals surface area contributed by atoms with Crippen molar-refractivity contribution in [2.45, 2.75) is 25.3 Å². The first kappa shape index (κ1) is 17.0. The molecule has 0 spiro atoms. The lowest BCUT2D eigenvalue weighted by molar-refractivity contribution is -0.126. The second-order valence-electron chi connectivity index (χ2n) is 6.33. The summed E-state index contributed by atoms with van der Waals surface area (Å²) in [6.07, 6.45) is 2.58. The number of carbonyl (C=O) groups is 1. The van der Waals surface area contributed by atoms with Crippen molar-refractivity contribution in [1.82, 2.24) is 10.6 Å². The Morgan fingerprint density at radius 1 is 1.08 bits per heavy atom. The topological polar surface area (TPSA) is 41.1 Å². The van der Waals surface area contributed by atoms with Crippen LogP contribution in [0.4, 0.5) is 0 Å². The fraction of sp³-hybridized carbons (Fsp3) is 0.350. The van der Waals surface area contributed by atoms with Crippen LogP contribution in [-0.4, -0.2) is 19.0 Å². The maximum atomic E-state index is 12.7. The molecule has 0 saturated carbocycles. The Balaban J connectivity index is 1.74. The van der Waals surface area contributed by atoms with Crippen LogP contribution in [0, 0.1) is 5.92 Å². The second kappa shape index (κ2) is 8.32. The van der Waals surface area contributed by atoms with Gasteiger partial charge in [0.25, 0.3) is 0 Å². The number of hydrogen-bond donors (Lipinski definition) is 2. The van der Waals surface area contributed by atoms with Crippen LogP contribution in [0.3, 0.4) is 0 Å². The largest absolute Gasteiger partial charge is 0.349 e. The summed E-state index contributed by atoms with van der Waals surface area (Å²) < 4.78 is 0. The molecule has 3 rings (SSSR count).